The van der Waals surface area contributed by atoms with E-state index in [-0.39, 0.29) is 6.04 Å². The molecule has 0 amide bonds. The summed E-state index contributed by atoms with van der Waals surface area (Å²) < 4.78 is 10.0. The Morgan fingerprint density at radius 1 is 1.36 bits per heavy atom. The summed E-state index contributed by atoms with van der Waals surface area (Å²) in [7, 11) is 1.86. The second-order valence-corrected chi connectivity index (χ2v) is 7.47. The number of imidazole rings is 1. The number of aliphatic hydroxyl groups excluding tert-OH is 1. The van der Waals surface area contributed by atoms with Crippen LogP contribution in [0, 0.1) is 6.92 Å². The maximum Gasteiger partial charge on any atom is 0.245 e. The summed E-state index contributed by atoms with van der Waals surface area (Å²) in [5, 5.41) is 15.8. The third kappa shape index (κ3) is 2.20. The highest BCUT2D eigenvalue weighted by atomic mass is 16.6. The number of nitrogens with zero attached hydrogens (tertiary/aromatic N) is 8. The van der Waals surface area contributed by atoms with E-state index in [2.05, 4.69) is 25.0 Å². The Balaban J connectivity index is 1.63. The molecule has 5 rings (SSSR count). The van der Waals surface area contributed by atoms with Gasteiger partial charge in [0.1, 0.15) is 35.4 Å². The first-order valence-corrected chi connectivity index (χ1v) is 9.38. The van der Waals surface area contributed by atoms with Gasteiger partial charge in [0.15, 0.2) is 17.7 Å². The monoisotopic (exact) mass is 385 g/mol. The molecular formula is C17H23N9O2. The number of aryl methyl sites for hydroxylation is 2. The minimum atomic E-state index is -0.697. The zero-order chi connectivity index (χ0) is 19.6. The topological polar surface area (TPSA) is 133 Å². The Bertz CT molecular complexity index is 1030. The van der Waals surface area contributed by atoms with Crippen molar-refractivity contribution >= 4 is 22.9 Å². The second-order valence-electron chi connectivity index (χ2n) is 7.47. The molecule has 0 aromatic carbocycles. The molecule has 3 aromatic heterocycles. The van der Waals surface area contributed by atoms with Gasteiger partial charge in [-0.05, 0) is 19.8 Å². The average Bonchev–Trinajstić information content (AvgIpc) is 3.29. The molecule has 0 unspecified atom stereocenters. The molecule has 0 aliphatic carbocycles. The molecule has 5 heterocycles. The van der Waals surface area contributed by atoms with Crippen molar-refractivity contribution in [2.24, 2.45) is 7.05 Å². The van der Waals surface area contributed by atoms with Crippen LogP contribution < -0.4 is 10.6 Å². The summed E-state index contributed by atoms with van der Waals surface area (Å²) in [5.74, 6) is 1.71. The first kappa shape index (κ1) is 17.3. The maximum atomic E-state index is 11.2. The molecule has 2 aliphatic rings. The van der Waals surface area contributed by atoms with Gasteiger partial charge in [-0.3, -0.25) is 9.25 Å². The molecule has 0 saturated carbocycles. The Morgan fingerprint density at radius 3 is 2.89 bits per heavy atom. The van der Waals surface area contributed by atoms with Gasteiger partial charge in [0.2, 0.25) is 5.95 Å². The van der Waals surface area contributed by atoms with E-state index in [0.717, 1.165) is 5.82 Å². The lowest BCUT2D eigenvalue weighted by Crippen LogP contribution is -2.57. The third-order valence-corrected chi connectivity index (χ3v) is 6.13. The minimum absolute atomic E-state index is 0.314. The molecule has 3 aromatic rings. The number of ether oxygens (including phenoxy) is 1. The van der Waals surface area contributed by atoms with Crippen LogP contribution in [0.4, 0.5) is 11.8 Å². The largest absolute Gasteiger partial charge is 0.388 e. The Kier molecular flexibility index (Phi) is 3.62. The van der Waals surface area contributed by atoms with Gasteiger partial charge in [-0.2, -0.15) is 4.98 Å². The number of piperidine rings is 1. The highest BCUT2D eigenvalue weighted by Gasteiger charge is 2.60. The van der Waals surface area contributed by atoms with Crippen LogP contribution in [0.2, 0.25) is 0 Å². The van der Waals surface area contributed by atoms with Crippen LogP contribution >= 0.6 is 0 Å². The summed E-state index contributed by atoms with van der Waals surface area (Å²) in [5.41, 5.74) is 6.42. The molecule has 11 heteroatoms. The van der Waals surface area contributed by atoms with Gasteiger partial charge < -0.3 is 20.5 Å². The van der Waals surface area contributed by atoms with Gasteiger partial charge in [-0.1, -0.05) is 6.92 Å². The zero-order valence-electron chi connectivity index (χ0n) is 16.0. The average molecular weight is 385 g/mol. The van der Waals surface area contributed by atoms with Gasteiger partial charge in [0, 0.05) is 13.6 Å². The van der Waals surface area contributed by atoms with E-state index in [0.29, 0.717) is 42.3 Å². The predicted molar refractivity (Wildman–Crippen MR) is 100 cm³/mol. The molecule has 2 aliphatic heterocycles. The molecular weight excluding hydrogens is 362 g/mol. The molecule has 0 radical (unpaired) electrons. The Hall–Kier alpha value is -2.79. The third-order valence-electron chi connectivity index (χ3n) is 6.13. The fourth-order valence-corrected chi connectivity index (χ4v) is 4.38. The number of hydrogen-bond donors (Lipinski definition) is 2. The van der Waals surface area contributed by atoms with Crippen LogP contribution in [0.1, 0.15) is 31.8 Å². The molecule has 28 heavy (non-hydrogen) atoms. The number of fused-ring (bicyclic) bond motifs is 3. The number of anilines is 2. The van der Waals surface area contributed by atoms with E-state index in [1.807, 2.05) is 30.4 Å². The summed E-state index contributed by atoms with van der Waals surface area (Å²) in [4.78, 5) is 19.3. The summed E-state index contributed by atoms with van der Waals surface area (Å²) in [6.07, 6.45) is 3.24. The minimum Gasteiger partial charge on any atom is -0.388 e. The van der Waals surface area contributed by atoms with Crippen LogP contribution in [-0.2, 0) is 11.8 Å². The lowest BCUT2D eigenvalue weighted by molar-refractivity contribution is -0.106. The van der Waals surface area contributed by atoms with Crippen LogP contribution in [-0.4, -0.2) is 63.7 Å². The van der Waals surface area contributed by atoms with Crippen molar-refractivity contribution in [2.75, 3.05) is 17.2 Å². The van der Waals surface area contributed by atoms with Gasteiger partial charge in [-0.15, -0.1) is 5.10 Å². The molecule has 0 spiro atoms. The van der Waals surface area contributed by atoms with Crippen molar-refractivity contribution in [3.8, 4) is 0 Å². The lowest BCUT2D eigenvalue weighted by Gasteiger charge is -2.41. The molecule has 2 saturated heterocycles. The fraction of sp³-hybridized carbons (Fsp3) is 0.588. The summed E-state index contributed by atoms with van der Waals surface area (Å²) in [6.45, 7) is 4.63. The van der Waals surface area contributed by atoms with Crippen molar-refractivity contribution in [3.05, 3.63) is 18.5 Å². The maximum absolute atomic E-state index is 11.2. The van der Waals surface area contributed by atoms with E-state index < -0.39 is 17.9 Å². The van der Waals surface area contributed by atoms with Gasteiger partial charge in [0.05, 0.1) is 6.33 Å². The predicted octanol–water partition coefficient (Wildman–Crippen LogP) is 0.163. The SMILES string of the molecule is CC[C@@]12CCN(c3nc(C)n(C)n3)[C@@H]([C@H](n3cnc4c(N)ncnc43)O1)[C@@H]2O. The first-order valence-electron chi connectivity index (χ1n) is 9.38. The summed E-state index contributed by atoms with van der Waals surface area (Å²) >= 11 is 0. The number of nitrogens with two attached hydrogens (primary N) is 1. The molecule has 148 valence electrons. The fourth-order valence-electron chi connectivity index (χ4n) is 4.38. The standard InChI is InChI=1S/C17H23N9O2/c1-4-17-5-6-25(16-22-9(2)24(3)23-16)11(12(17)27)15(28-17)26-8-21-10-13(18)19-7-20-14(10)26/h7-8,11-12,15,27H,4-6H2,1-3H3,(H2,18,19,20)/t11-,12+,15-,17+/m1/s1. The summed E-state index contributed by atoms with van der Waals surface area (Å²) in [6, 6.07) is -0.371. The normalized spacial score (nSPS) is 29.7. The molecule has 3 N–H and O–H groups in total. The quantitative estimate of drug-likeness (QED) is 0.647. The Labute approximate surface area is 161 Å². The van der Waals surface area contributed by atoms with E-state index in [1.165, 1.54) is 6.33 Å². The highest BCUT2D eigenvalue weighted by molar-refractivity contribution is 5.81. The number of aromatic nitrogens is 7. The van der Waals surface area contributed by atoms with E-state index in [4.69, 9.17) is 10.5 Å². The van der Waals surface area contributed by atoms with Gasteiger partial charge in [0.25, 0.3) is 0 Å². The zero-order valence-corrected chi connectivity index (χ0v) is 16.0. The van der Waals surface area contributed by atoms with Gasteiger partial charge >= 0.3 is 0 Å². The van der Waals surface area contributed by atoms with Crippen molar-refractivity contribution in [2.45, 2.75) is 50.7 Å². The van der Waals surface area contributed by atoms with E-state index >= 15 is 0 Å². The molecule has 11 nitrogen and oxygen atoms in total. The van der Waals surface area contributed by atoms with Crippen molar-refractivity contribution in [3.63, 3.8) is 0 Å². The number of hydrogen-bond acceptors (Lipinski definition) is 9. The van der Waals surface area contributed by atoms with Crippen LogP contribution in [0.25, 0.3) is 11.2 Å². The lowest BCUT2D eigenvalue weighted by atomic mass is 9.84. The molecule has 4 atom stereocenters. The molecule has 2 fully saturated rings. The smallest absolute Gasteiger partial charge is 0.245 e. The Morgan fingerprint density at radius 2 is 2.18 bits per heavy atom. The second kappa shape index (κ2) is 5.85. The van der Waals surface area contributed by atoms with Crippen LogP contribution in [0.15, 0.2) is 12.7 Å². The van der Waals surface area contributed by atoms with Crippen LogP contribution in [0.3, 0.4) is 0 Å². The highest BCUT2D eigenvalue weighted by Crippen LogP contribution is 2.48. The van der Waals surface area contributed by atoms with Crippen LogP contribution in [0.5, 0.6) is 0 Å². The van der Waals surface area contributed by atoms with E-state index in [9.17, 15) is 5.11 Å². The van der Waals surface area contributed by atoms with Crippen molar-refractivity contribution < 1.29 is 9.84 Å². The first-order chi connectivity index (χ1) is 13.4. The van der Waals surface area contributed by atoms with Crippen molar-refractivity contribution in [1.29, 1.82) is 0 Å². The molecule has 2 bridgehead atoms. The number of nitrogen functional groups attached to an aromatic ring is 1. The van der Waals surface area contributed by atoms with Crippen molar-refractivity contribution in [1.82, 2.24) is 34.3 Å². The van der Waals surface area contributed by atoms with E-state index in [1.54, 1.807) is 11.0 Å². The van der Waals surface area contributed by atoms with Gasteiger partial charge in [-0.25, -0.2) is 15.0 Å². The number of aliphatic hydroxyl groups is 1. The number of rotatable bonds is 3.